The van der Waals surface area contributed by atoms with Crippen LogP contribution in [-0.4, -0.2) is 27.4 Å². The van der Waals surface area contributed by atoms with Gasteiger partial charge in [-0.2, -0.15) is 0 Å². The van der Waals surface area contributed by atoms with Crippen molar-refractivity contribution < 1.29 is 15.0 Å². The fourth-order valence-corrected chi connectivity index (χ4v) is 2.76. The van der Waals surface area contributed by atoms with E-state index in [9.17, 15) is 9.90 Å². The van der Waals surface area contributed by atoms with Gasteiger partial charge in [-0.1, -0.05) is 20.8 Å². The molecular weight excluding hydrogens is 266 g/mol. The number of nitrogens with zero attached hydrogens (tertiary/aromatic N) is 1. The van der Waals surface area contributed by atoms with Gasteiger partial charge in [0.15, 0.2) is 0 Å². The molecule has 2 aromatic rings. The van der Waals surface area contributed by atoms with E-state index in [-0.39, 0.29) is 12.0 Å². The van der Waals surface area contributed by atoms with Gasteiger partial charge in [-0.25, -0.2) is 4.79 Å². The van der Waals surface area contributed by atoms with Crippen molar-refractivity contribution in [3.63, 3.8) is 0 Å². The van der Waals surface area contributed by atoms with E-state index in [4.69, 9.17) is 5.11 Å². The van der Waals surface area contributed by atoms with Gasteiger partial charge in [-0.3, -0.25) is 0 Å². The average Bonchev–Trinajstić information content (AvgIpc) is 2.69. The van der Waals surface area contributed by atoms with Crippen molar-refractivity contribution in [1.82, 2.24) is 4.57 Å². The van der Waals surface area contributed by atoms with Crippen molar-refractivity contribution in [3.05, 3.63) is 35.0 Å². The summed E-state index contributed by atoms with van der Waals surface area (Å²) in [5.41, 5.74) is 3.38. The van der Waals surface area contributed by atoms with Gasteiger partial charge in [-0.15, -0.1) is 0 Å². The molecule has 0 spiro atoms. The Kier molecular flexibility index (Phi) is 4.10. The SMILES string of the molecule is Cc1cc2cc(C(=O)O)cc(C(C)(C)C)c2n1CCCO. The van der Waals surface area contributed by atoms with Crippen molar-refractivity contribution in [1.29, 1.82) is 0 Å². The highest BCUT2D eigenvalue weighted by Gasteiger charge is 2.22. The number of hydrogen-bond donors (Lipinski definition) is 2. The van der Waals surface area contributed by atoms with E-state index in [0.29, 0.717) is 12.0 Å². The minimum Gasteiger partial charge on any atom is -0.478 e. The molecule has 0 aliphatic rings. The molecular formula is C17H23NO3. The van der Waals surface area contributed by atoms with Gasteiger partial charge in [0.2, 0.25) is 0 Å². The summed E-state index contributed by atoms with van der Waals surface area (Å²) in [5.74, 6) is -0.900. The van der Waals surface area contributed by atoms with Crippen LogP contribution in [0, 0.1) is 6.92 Å². The highest BCUT2D eigenvalue weighted by Crippen LogP contribution is 2.33. The van der Waals surface area contributed by atoms with Gasteiger partial charge in [0.1, 0.15) is 0 Å². The van der Waals surface area contributed by atoms with Crippen LogP contribution >= 0.6 is 0 Å². The Morgan fingerprint density at radius 2 is 1.90 bits per heavy atom. The van der Waals surface area contributed by atoms with Gasteiger partial charge in [0.25, 0.3) is 0 Å². The van der Waals surface area contributed by atoms with Gasteiger partial charge in [0.05, 0.1) is 11.1 Å². The minimum atomic E-state index is -0.900. The number of fused-ring (bicyclic) bond motifs is 1. The third-order valence-corrected chi connectivity index (χ3v) is 3.79. The predicted molar refractivity (Wildman–Crippen MR) is 84.0 cm³/mol. The third-order valence-electron chi connectivity index (χ3n) is 3.79. The highest BCUT2D eigenvalue weighted by molar-refractivity contribution is 5.96. The van der Waals surface area contributed by atoms with Crippen LogP contribution in [0.1, 0.15) is 48.8 Å². The molecule has 1 aromatic heterocycles. The summed E-state index contributed by atoms with van der Waals surface area (Å²) in [5, 5.41) is 19.3. The van der Waals surface area contributed by atoms with Gasteiger partial charge >= 0.3 is 5.97 Å². The Balaban J connectivity index is 2.77. The monoisotopic (exact) mass is 289 g/mol. The summed E-state index contributed by atoms with van der Waals surface area (Å²) >= 11 is 0. The number of aromatic carboxylic acids is 1. The summed E-state index contributed by atoms with van der Waals surface area (Å²) in [6, 6.07) is 5.53. The predicted octanol–water partition coefficient (Wildman–Crippen LogP) is 3.33. The highest BCUT2D eigenvalue weighted by atomic mass is 16.4. The first kappa shape index (κ1) is 15.6. The lowest BCUT2D eigenvalue weighted by Crippen LogP contribution is -2.15. The molecule has 21 heavy (non-hydrogen) atoms. The number of aromatic nitrogens is 1. The molecule has 0 fully saturated rings. The third kappa shape index (κ3) is 2.95. The maximum absolute atomic E-state index is 11.3. The molecule has 4 nitrogen and oxygen atoms in total. The largest absolute Gasteiger partial charge is 0.478 e. The molecule has 0 atom stereocenters. The van der Waals surface area contributed by atoms with Crippen molar-refractivity contribution >= 4 is 16.9 Å². The van der Waals surface area contributed by atoms with Crippen molar-refractivity contribution in [3.8, 4) is 0 Å². The molecule has 1 heterocycles. The number of carboxylic acids is 1. The second-order valence-corrected chi connectivity index (χ2v) is 6.53. The maximum Gasteiger partial charge on any atom is 0.335 e. The fraction of sp³-hybridized carbons (Fsp3) is 0.471. The van der Waals surface area contributed by atoms with Crippen molar-refractivity contribution in [2.75, 3.05) is 6.61 Å². The number of aryl methyl sites for hydroxylation is 2. The molecule has 2 rings (SSSR count). The smallest absolute Gasteiger partial charge is 0.335 e. The fourth-order valence-electron chi connectivity index (χ4n) is 2.76. The molecule has 0 aliphatic heterocycles. The van der Waals surface area contributed by atoms with Crippen molar-refractivity contribution in [2.45, 2.75) is 46.1 Å². The van der Waals surface area contributed by atoms with E-state index in [2.05, 4.69) is 25.3 Å². The van der Waals surface area contributed by atoms with Crippen LogP contribution in [0.4, 0.5) is 0 Å². The van der Waals surface area contributed by atoms with Crippen LogP contribution in [0.25, 0.3) is 10.9 Å². The zero-order chi connectivity index (χ0) is 15.8. The average molecular weight is 289 g/mol. The number of aliphatic hydroxyl groups is 1. The zero-order valence-corrected chi connectivity index (χ0v) is 13.1. The second kappa shape index (κ2) is 5.53. The van der Waals surface area contributed by atoms with E-state index in [1.54, 1.807) is 12.1 Å². The number of aliphatic hydroxyl groups excluding tert-OH is 1. The van der Waals surface area contributed by atoms with Crippen molar-refractivity contribution in [2.24, 2.45) is 0 Å². The molecule has 0 aliphatic carbocycles. The van der Waals surface area contributed by atoms with E-state index >= 15 is 0 Å². The van der Waals surface area contributed by atoms with Crippen LogP contribution in [0.5, 0.6) is 0 Å². The van der Waals surface area contributed by atoms with E-state index in [1.807, 2.05) is 13.0 Å². The second-order valence-electron chi connectivity index (χ2n) is 6.53. The molecule has 1 aromatic carbocycles. The van der Waals surface area contributed by atoms with E-state index < -0.39 is 5.97 Å². The number of rotatable bonds is 4. The summed E-state index contributed by atoms with van der Waals surface area (Å²) in [7, 11) is 0. The zero-order valence-electron chi connectivity index (χ0n) is 13.1. The van der Waals surface area contributed by atoms with Crippen LogP contribution in [-0.2, 0) is 12.0 Å². The van der Waals surface area contributed by atoms with Gasteiger partial charge < -0.3 is 14.8 Å². The lowest BCUT2D eigenvalue weighted by atomic mass is 9.84. The first-order valence-electron chi connectivity index (χ1n) is 7.24. The summed E-state index contributed by atoms with van der Waals surface area (Å²) in [6.07, 6.45) is 0.689. The van der Waals surface area contributed by atoms with Gasteiger partial charge in [-0.05, 0) is 42.5 Å². The Bertz CT molecular complexity index is 677. The number of benzene rings is 1. The van der Waals surface area contributed by atoms with Crippen LogP contribution in [0.15, 0.2) is 18.2 Å². The Morgan fingerprint density at radius 3 is 2.43 bits per heavy atom. The summed E-state index contributed by atoms with van der Waals surface area (Å²) in [6.45, 7) is 9.17. The Morgan fingerprint density at radius 1 is 1.24 bits per heavy atom. The topological polar surface area (TPSA) is 62.5 Å². The molecule has 0 saturated heterocycles. The van der Waals surface area contributed by atoms with Crippen LogP contribution < -0.4 is 0 Å². The molecule has 0 unspecified atom stereocenters. The quantitative estimate of drug-likeness (QED) is 0.907. The summed E-state index contributed by atoms with van der Waals surface area (Å²) in [4.78, 5) is 11.3. The molecule has 0 bridgehead atoms. The number of hydrogen-bond acceptors (Lipinski definition) is 2. The van der Waals surface area contributed by atoms with E-state index in [0.717, 1.165) is 28.7 Å². The van der Waals surface area contributed by atoms with E-state index in [1.165, 1.54) is 0 Å². The molecule has 0 amide bonds. The number of carboxylic acid groups (broad SMARTS) is 1. The Hall–Kier alpha value is -1.81. The molecule has 0 radical (unpaired) electrons. The first-order chi connectivity index (χ1) is 9.75. The first-order valence-corrected chi connectivity index (χ1v) is 7.24. The molecule has 2 N–H and O–H groups in total. The molecule has 114 valence electrons. The maximum atomic E-state index is 11.3. The lowest BCUT2D eigenvalue weighted by molar-refractivity contribution is 0.0697. The molecule has 4 heteroatoms. The normalized spacial score (nSPS) is 12.0. The molecule has 0 saturated carbocycles. The number of carbonyl (C=O) groups is 1. The lowest BCUT2D eigenvalue weighted by Gasteiger charge is -2.23. The standard InChI is InChI=1S/C17H23NO3/c1-11-8-12-9-13(16(20)21)10-14(17(2,3)4)15(12)18(11)6-5-7-19/h8-10,19H,5-7H2,1-4H3,(H,20,21). The van der Waals surface area contributed by atoms with Crippen LogP contribution in [0.2, 0.25) is 0 Å². The van der Waals surface area contributed by atoms with Gasteiger partial charge in [0, 0.05) is 24.2 Å². The van der Waals surface area contributed by atoms with Crippen LogP contribution in [0.3, 0.4) is 0 Å². The summed E-state index contributed by atoms with van der Waals surface area (Å²) < 4.78 is 2.18. The minimum absolute atomic E-state index is 0.147. The Labute approximate surface area is 125 Å².